The molecular formula is C26H25FN4O3. The summed E-state index contributed by atoms with van der Waals surface area (Å²) in [5.41, 5.74) is 7.14. The summed E-state index contributed by atoms with van der Waals surface area (Å²) in [5.74, 6) is -0.324. The zero-order chi connectivity index (χ0) is 24.6. The molecule has 8 heteroatoms. The summed E-state index contributed by atoms with van der Waals surface area (Å²) in [7, 11) is 0. The first kappa shape index (κ1) is 23.0. The van der Waals surface area contributed by atoms with Crippen molar-refractivity contribution >= 4 is 29.9 Å². The number of aromatic nitrogens is 1. The van der Waals surface area contributed by atoms with Crippen LogP contribution in [0, 0.1) is 33.5 Å². The Morgan fingerprint density at radius 1 is 1.12 bits per heavy atom. The molecule has 2 heterocycles. The molecule has 7 nitrogen and oxygen atoms in total. The van der Waals surface area contributed by atoms with E-state index in [1.165, 1.54) is 16.7 Å². The highest BCUT2D eigenvalue weighted by molar-refractivity contribution is 6.01. The fourth-order valence-electron chi connectivity index (χ4n) is 4.04. The molecule has 174 valence electrons. The third-order valence-electron chi connectivity index (χ3n) is 5.62. The number of amides is 1. The summed E-state index contributed by atoms with van der Waals surface area (Å²) in [6.45, 7) is 11.4. The maximum Gasteiger partial charge on any atom is 0.264 e. The number of anilines is 1. The van der Waals surface area contributed by atoms with E-state index < -0.39 is 5.56 Å². The van der Waals surface area contributed by atoms with E-state index in [1.807, 2.05) is 32.9 Å². The molecule has 0 saturated carbocycles. The molecule has 0 saturated heterocycles. The van der Waals surface area contributed by atoms with E-state index in [9.17, 15) is 14.0 Å². The lowest BCUT2D eigenvalue weighted by Crippen LogP contribution is -2.47. The molecule has 0 spiro atoms. The Hall–Kier alpha value is -4.20. The number of hydroxylamine groups is 1. The molecule has 0 fully saturated rings. The number of carbonyl (C=O) groups is 1. The lowest BCUT2D eigenvalue weighted by Gasteiger charge is -2.15. The van der Waals surface area contributed by atoms with Crippen LogP contribution in [0.1, 0.15) is 27.9 Å². The number of halogens is 1. The molecule has 1 aliphatic rings. The van der Waals surface area contributed by atoms with Crippen molar-refractivity contribution < 1.29 is 14.0 Å². The van der Waals surface area contributed by atoms with Gasteiger partial charge in [-0.15, -0.1) is 0 Å². The summed E-state index contributed by atoms with van der Waals surface area (Å²) in [6.07, 6.45) is 0. The average molecular weight is 461 g/mol. The number of pyridine rings is 1. The third kappa shape index (κ3) is 4.47. The van der Waals surface area contributed by atoms with Gasteiger partial charge in [0, 0.05) is 16.9 Å². The van der Waals surface area contributed by atoms with Gasteiger partial charge in [0.2, 0.25) is 5.91 Å². The van der Waals surface area contributed by atoms with E-state index in [-0.39, 0.29) is 29.4 Å². The normalized spacial score (nSPS) is 14.3. The van der Waals surface area contributed by atoms with Crippen LogP contribution in [-0.4, -0.2) is 16.3 Å². The van der Waals surface area contributed by atoms with E-state index in [4.69, 9.17) is 4.84 Å². The smallest absolute Gasteiger partial charge is 0.264 e. The summed E-state index contributed by atoms with van der Waals surface area (Å²) in [4.78, 5) is 36.0. The van der Waals surface area contributed by atoms with Gasteiger partial charge in [-0.1, -0.05) is 24.3 Å². The Morgan fingerprint density at radius 3 is 2.41 bits per heavy atom. The van der Waals surface area contributed by atoms with Gasteiger partial charge in [0.05, 0.1) is 0 Å². The van der Waals surface area contributed by atoms with E-state index >= 15 is 0 Å². The molecule has 0 unspecified atom stereocenters. The van der Waals surface area contributed by atoms with Gasteiger partial charge >= 0.3 is 0 Å². The number of hydrogen-bond donors (Lipinski definition) is 2. The molecule has 0 radical (unpaired) electrons. The first-order chi connectivity index (χ1) is 16.1. The number of amidine groups is 1. The van der Waals surface area contributed by atoms with Gasteiger partial charge in [-0.25, -0.2) is 9.87 Å². The number of benzene rings is 2. The second-order valence-electron chi connectivity index (χ2n) is 8.38. The Balaban J connectivity index is 1.70. The van der Waals surface area contributed by atoms with E-state index in [1.54, 1.807) is 25.1 Å². The molecule has 0 aliphatic carbocycles. The highest BCUT2D eigenvalue weighted by atomic mass is 19.1. The average Bonchev–Trinajstić information content (AvgIpc) is 3.23. The van der Waals surface area contributed by atoms with Crippen molar-refractivity contribution in [1.82, 2.24) is 10.0 Å². The highest BCUT2D eigenvalue weighted by Crippen LogP contribution is 2.21. The fraction of sp³-hybridized carbons (Fsp3) is 0.192. The number of rotatable bonds is 4. The van der Waals surface area contributed by atoms with Crippen molar-refractivity contribution in [3.63, 3.8) is 0 Å². The molecular weight excluding hydrogens is 435 g/mol. The van der Waals surface area contributed by atoms with Gasteiger partial charge in [0.1, 0.15) is 17.6 Å². The molecule has 0 atom stereocenters. The minimum Gasteiger partial charge on any atom is -0.359 e. The molecule has 1 amide bonds. The highest BCUT2D eigenvalue weighted by Gasteiger charge is 2.19. The van der Waals surface area contributed by atoms with Crippen LogP contribution in [-0.2, 0) is 16.2 Å². The van der Waals surface area contributed by atoms with Crippen LogP contribution in [0.25, 0.3) is 12.5 Å². The third-order valence-corrected chi connectivity index (χ3v) is 5.62. The van der Waals surface area contributed by atoms with Crippen molar-refractivity contribution in [3.05, 3.63) is 97.0 Å². The summed E-state index contributed by atoms with van der Waals surface area (Å²) >= 11 is 0. The van der Waals surface area contributed by atoms with Crippen LogP contribution >= 0.6 is 0 Å². The number of aliphatic imine (C=N–C) groups is 1. The molecule has 2 aromatic carbocycles. The minimum absolute atomic E-state index is 0.0358. The predicted molar refractivity (Wildman–Crippen MR) is 130 cm³/mol. The summed E-state index contributed by atoms with van der Waals surface area (Å²) in [5, 5.41) is 3.49. The molecule has 0 bridgehead atoms. The predicted octanol–water partition coefficient (Wildman–Crippen LogP) is 2.32. The molecule has 1 aliphatic heterocycles. The minimum atomic E-state index is -0.446. The van der Waals surface area contributed by atoms with E-state index in [0.717, 1.165) is 22.4 Å². The quantitative estimate of drug-likeness (QED) is 0.626. The summed E-state index contributed by atoms with van der Waals surface area (Å²) < 4.78 is 14.6. The topological polar surface area (TPSA) is 84.7 Å². The first-order valence-electron chi connectivity index (χ1n) is 10.7. The Kier molecular flexibility index (Phi) is 6.06. The van der Waals surface area contributed by atoms with Gasteiger partial charge in [-0.3, -0.25) is 9.59 Å². The SMILES string of the molecule is C=c1cc(C)n(CC(=O)Nc2c(C)cc(C)cc2C)c(=O)c1=C1N=C(c2ccc(F)cc2)NO1. The Labute approximate surface area is 195 Å². The zero-order valence-corrected chi connectivity index (χ0v) is 19.5. The van der Waals surface area contributed by atoms with Crippen molar-refractivity contribution in [3.8, 4) is 0 Å². The van der Waals surface area contributed by atoms with Crippen molar-refractivity contribution in [2.75, 3.05) is 5.32 Å². The number of nitrogens with zero attached hydrogens (tertiary/aromatic N) is 2. The van der Waals surface area contributed by atoms with Gasteiger partial charge < -0.3 is 14.7 Å². The van der Waals surface area contributed by atoms with Crippen LogP contribution in [0.2, 0.25) is 0 Å². The standard InChI is InChI=1S/C26H25FN4O3/c1-14-10-16(3)23(17(4)11-14)28-21(32)13-31-18(5)12-15(2)22(26(31)33)25-29-24(30-34-25)19-6-8-20(27)9-7-19/h6-12H,2,13H2,1,3-5H3,(H,28,32)(H,29,30). The maximum atomic E-state index is 13.3. The van der Waals surface area contributed by atoms with Crippen LogP contribution in [0.15, 0.2) is 52.3 Å². The molecule has 4 rings (SSSR count). The van der Waals surface area contributed by atoms with Gasteiger partial charge in [-0.05, 0) is 74.4 Å². The van der Waals surface area contributed by atoms with Crippen LogP contribution < -0.4 is 26.8 Å². The van der Waals surface area contributed by atoms with Crippen LogP contribution in [0.3, 0.4) is 0 Å². The zero-order valence-electron chi connectivity index (χ0n) is 19.5. The summed E-state index contributed by atoms with van der Waals surface area (Å²) in [6, 6.07) is 11.4. The number of carbonyl (C=O) groups excluding carboxylic acids is 1. The monoisotopic (exact) mass is 460 g/mol. The maximum absolute atomic E-state index is 13.3. The van der Waals surface area contributed by atoms with E-state index in [0.29, 0.717) is 22.3 Å². The van der Waals surface area contributed by atoms with Crippen molar-refractivity contribution in [2.45, 2.75) is 34.2 Å². The molecule has 1 aromatic heterocycles. The fourth-order valence-corrected chi connectivity index (χ4v) is 4.04. The second kappa shape index (κ2) is 8.97. The van der Waals surface area contributed by atoms with Gasteiger partial charge in [0.15, 0.2) is 5.84 Å². The van der Waals surface area contributed by atoms with Gasteiger partial charge in [-0.2, -0.15) is 4.99 Å². The molecule has 34 heavy (non-hydrogen) atoms. The second-order valence-corrected chi connectivity index (χ2v) is 8.38. The number of hydrogen-bond acceptors (Lipinski definition) is 5. The number of aryl methyl sites for hydroxylation is 4. The van der Waals surface area contributed by atoms with Crippen LogP contribution in [0.5, 0.6) is 0 Å². The number of nitrogens with one attached hydrogen (secondary N) is 2. The van der Waals surface area contributed by atoms with E-state index in [2.05, 4.69) is 22.4 Å². The lowest BCUT2D eigenvalue weighted by atomic mass is 10.1. The van der Waals surface area contributed by atoms with Crippen molar-refractivity contribution in [2.24, 2.45) is 4.99 Å². The molecule has 3 aromatic rings. The molecule has 2 N–H and O–H groups in total. The van der Waals surface area contributed by atoms with Crippen molar-refractivity contribution in [1.29, 1.82) is 0 Å². The largest absolute Gasteiger partial charge is 0.359 e. The lowest BCUT2D eigenvalue weighted by molar-refractivity contribution is -0.116. The Bertz CT molecular complexity index is 1480. The Morgan fingerprint density at radius 2 is 1.76 bits per heavy atom. The van der Waals surface area contributed by atoms with Gasteiger partial charge in [0.25, 0.3) is 11.4 Å². The first-order valence-corrected chi connectivity index (χ1v) is 10.7. The van der Waals surface area contributed by atoms with Crippen LogP contribution in [0.4, 0.5) is 10.1 Å².